The van der Waals surface area contributed by atoms with Gasteiger partial charge in [-0.3, -0.25) is 0 Å². The molecule has 0 aliphatic heterocycles. The van der Waals surface area contributed by atoms with Crippen molar-refractivity contribution in [3.05, 3.63) is 34.2 Å². The zero-order valence-electron chi connectivity index (χ0n) is 7.64. The van der Waals surface area contributed by atoms with Crippen LogP contribution in [0.1, 0.15) is 16.7 Å². The molecule has 0 radical (unpaired) electrons. The Kier molecular flexibility index (Phi) is 1.69. The molecule has 0 nitrogen and oxygen atoms in total. The molecule has 0 saturated carbocycles. The summed E-state index contributed by atoms with van der Waals surface area (Å²) in [6.07, 6.45) is 0. The van der Waals surface area contributed by atoms with Crippen molar-refractivity contribution in [2.24, 2.45) is 0 Å². The van der Waals surface area contributed by atoms with Crippen LogP contribution in [-0.4, -0.2) is 0 Å². The molecule has 1 aromatic carbocycles. The molecule has 0 aliphatic carbocycles. The second-order valence-corrected chi connectivity index (χ2v) is 4.26. The highest BCUT2D eigenvalue weighted by Crippen LogP contribution is 2.27. The number of thiophene rings is 1. The largest absolute Gasteiger partial charge is 0.144 e. The lowest BCUT2D eigenvalue weighted by Crippen LogP contribution is -1.79. The molecule has 0 unspecified atom stereocenters. The van der Waals surface area contributed by atoms with Crippen LogP contribution in [0.25, 0.3) is 10.1 Å². The molecule has 2 rings (SSSR count). The summed E-state index contributed by atoms with van der Waals surface area (Å²) in [5, 5.41) is 3.65. The minimum Gasteiger partial charge on any atom is -0.144 e. The Morgan fingerprint density at radius 3 is 2.33 bits per heavy atom. The molecule has 0 aliphatic rings. The smallest absolute Gasteiger partial charge is 0.0348 e. The number of rotatable bonds is 0. The van der Waals surface area contributed by atoms with Gasteiger partial charge >= 0.3 is 0 Å². The van der Waals surface area contributed by atoms with E-state index in [-0.39, 0.29) is 0 Å². The highest BCUT2D eigenvalue weighted by Gasteiger charge is 2.01. The maximum absolute atomic E-state index is 2.29. The number of hydrogen-bond donors (Lipinski definition) is 0. The van der Waals surface area contributed by atoms with E-state index >= 15 is 0 Å². The van der Waals surface area contributed by atoms with E-state index in [1.165, 1.54) is 26.8 Å². The Bertz CT molecular complexity index is 424. The fraction of sp³-hybridized carbons (Fsp3) is 0.273. The molecule has 0 amide bonds. The predicted molar refractivity (Wildman–Crippen MR) is 56.0 cm³/mol. The highest BCUT2D eigenvalue weighted by molar-refractivity contribution is 7.17. The summed E-state index contributed by atoms with van der Waals surface area (Å²) in [4.78, 5) is 0. The van der Waals surface area contributed by atoms with Gasteiger partial charge in [0.25, 0.3) is 0 Å². The zero-order chi connectivity index (χ0) is 8.72. The summed E-state index contributed by atoms with van der Waals surface area (Å²) in [6.45, 7) is 6.52. The molecule has 1 heterocycles. The average molecular weight is 176 g/mol. The van der Waals surface area contributed by atoms with Crippen molar-refractivity contribution in [2.75, 3.05) is 0 Å². The predicted octanol–water partition coefficient (Wildman–Crippen LogP) is 3.83. The summed E-state index contributed by atoms with van der Waals surface area (Å²) in [5.41, 5.74) is 4.19. The maximum atomic E-state index is 2.29. The normalized spacial score (nSPS) is 10.9. The molecule has 12 heavy (non-hydrogen) atoms. The molecule has 0 bridgehead atoms. The van der Waals surface area contributed by atoms with Crippen molar-refractivity contribution < 1.29 is 0 Å². The zero-order valence-corrected chi connectivity index (χ0v) is 8.46. The average Bonchev–Trinajstić information content (AvgIpc) is 2.35. The molecule has 1 aromatic heterocycles. The van der Waals surface area contributed by atoms with Crippen LogP contribution >= 0.6 is 11.3 Å². The summed E-state index contributed by atoms with van der Waals surface area (Å²) in [5.74, 6) is 0. The Morgan fingerprint density at radius 2 is 1.58 bits per heavy atom. The summed E-state index contributed by atoms with van der Waals surface area (Å²) < 4.78 is 1.41. The van der Waals surface area contributed by atoms with Crippen molar-refractivity contribution in [1.29, 1.82) is 0 Å². The number of benzene rings is 1. The first-order valence-corrected chi connectivity index (χ1v) is 5.01. The standard InChI is InChI=1S/C11H12S/c1-7-4-10-9(3)6-12-11(10)5-8(7)2/h4-6H,1-3H3. The molecule has 2 aromatic rings. The second-order valence-electron chi connectivity index (χ2n) is 3.35. The van der Waals surface area contributed by atoms with Gasteiger partial charge < -0.3 is 0 Å². The number of hydrogen-bond acceptors (Lipinski definition) is 1. The van der Waals surface area contributed by atoms with Gasteiger partial charge in [-0.2, -0.15) is 0 Å². The molecule has 0 atom stereocenters. The van der Waals surface area contributed by atoms with Gasteiger partial charge in [-0.1, -0.05) is 6.07 Å². The SMILES string of the molecule is Cc1cc2scc(C)c2cc1C. The Hall–Kier alpha value is -0.820. The third-order valence-corrected chi connectivity index (χ3v) is 3.45. The minimum absolute atomic E-state index is 1.39. The van der Waals surface area contributed by atoms with Gasteiger partial charge in [0.15, 0.2) is 0 Å². The van der Waals surface area contributed by atoms with Crippen molar-refractivity contribution in [2.45, 2.75) is 20.8 Å². The van der Waals surface area contributed by atoms with Crippen LogP contribution in [-0.2, 0) is 0 Å². The lowest BCUT2D eigenvalue weighted by Gasteiger charge is -1.99. The fourth-order valence-corrected chi connectivity index (χ4v) is 2.43. The van der Waals surface area contributed by atoms with Gasteiger partial charge in [0.1, 0.15) is 0 Å². The summed E-state index contributed by atoms with van der Waals surface area (Å²) in [6, 6.07) is 4.57. The van der Waals surface area contributed by atoms with E-state index in [2.05, 4.69) is 38.3 Å². The minimum atomic E-state index is 1.39. The van der Waals surface area contributed by atoms with E-state index < -0.39 is 0 Å². The third kappa shape index (κ3) is 1.05. The quantitative estimate of drug-likeness (QED) is 0.572. The topological polar surface area (TPSA) is 0 Å². The van der Waals surface area contributed by atoms with Gasteiger partial charge in [0, 0.05) is 4.70 Å². The molecular weight excluding hydrogens is 164 g/mol. The van der Waals surface area contributed by atoms with E-state index in [0.717, 1.165) is 0 Å². The molecule has 0 N–H and O–H groups in total. The molecular formula is C11H12S. The van der Waals surface area contributed by atoms with Gasteiger partial charge in [0.2, 0.25) is 0 Å². The van der Waals surface area contributed by atoms with Gasteiger partial charge in [-0.15, -0.1) is 11.3 Å². The third-order valence-electron chi connectivity index (χ3n) is 2.38. The van der Waals surface area contributed by atoms with Crippen LogP contribution in [0.15, 0.2) is 17.5 Å². The molecule has 0 spiro atoms. The summed E-state index contributed by atoms with van der Waals surface area (Å²) in [7, 11) is 0. The van der Waals surface area contributed by atoms with E-state index in [9.17, 15) is 0 Å². The molecule has 0 saturated heterocycles. The van der Waals surface area contributed by atoms with E-state index in [1.54, 1.807) is 0 Å². The number of fused-ring (bicyclic) bond motifs is 1. The first-order chi connectivity index (χ1) is 5.68. The van der Waals surface area contributed by atoms with E-state index in [4.69, 9.17) is 0 Å². The van der Waals surface area contributed by atoms with Crippen LogP contribution in [0.4, 0.5) is 0 Å². The Labute approximate surface area is 76.8 Å². The fourth-order valence-electron chi connectivity index (χ4n) is 1.41. The van der Waals surface area contributed by atoms with Crippen molar-refractivity contribution in [1.82, 2.24) is 0 Å². The molecule has 62 valence electrons. The van der Waals surface area contributed by atoms with E-state index in [0.29, 0.717) is 0 Å². The highest BCUT2D eigenvalue weighted by atomic mass is 32.1. The van der Waals surface area contributed by atoms with Crippen molar-refractivity contribution in [3.8, 4) is 0 Å². The van der Waals surface area contributed by atoms with Gasteiger partial charge in [-0.05, 0) is 54.3 Å². The number of aryl methyl sites for hydroxylation is 3. The van der Waals surface area contributed by atoms with E-state index in [1.807, 2.05) is 11.3 Å². The van der Waals surface area contributed by atoms with Crippen LogP contribution < -0.4 is 0 Å². The Balaban J connectivity index is 2.87. The van der Waals surface area contributed by atoms with Crippen molar-refractivity contribution in [3.63, 3.8) is 0 Å². The lowest BCUT2D eigenvalue weighted by molar-refractivity contribution is 1.37. The second kappa shape index (κ2) is 2.60. The van der Waals surface area contributed by atoms with Gasteiger partial charge in [0.05, 0.1) is 0 Å². The van der Waals surface area contributed by atoms with Crippen molar-refractivity contribution >= 4 is 21.4 Å². The van der Waals surface area contributed by atoms with Crippen LogP contribution in [0.2, 0.25) is 0 Å². The first kappa shape index (κ1) is 7.81. The first-order valence-electron chi connectivity index (χ1n) is 4.13. The van der Waals surface area contributed by atoms with Crippen LogP contribution in [0, 0.1) is 20.8 Å². The lowest BCUT2D eigenvalue weighted by atomic mass is 10.1. The maximum Gasteiger partial charge on any atom is 0.0348 e. The monoisotopic (exact) mass is 176 g/mol. The van der Waals surface area contributed by atoms with Crippen LogP contribution in [0.5, 0.6) is 0 Å². The molecule has 1 heteroatoms. The van der Waals surface area contributed by atoms with Gasteiger partial charge in [-0.25, -0.2) is 0 Å². The summed E-state index contributed by atoms with van der Waals surface area (Å²) >= 11 is 1.84. The Morgan fingerprint density at radius 1 is 0.917 bits per heavy atom. The molecule has 0 fully saturated rings. The van der Waals surface area contributed by atoms with Crippen LogP contribution in [0.3, 0.4) is 0 Å².